The summed E-state index contributed by atoms with van der Waals surface area (Å²) in [5.41, 5.74) is 1.17. The Hall–Kier alpha value is -2.41. The summed E-state index contributed by atoms with van der Waals surface area (Å²) in [5, 5.41) is 7.39. The molecule has 0 aliphatic carbocycles. The van der Waals surface area contributed by atoms with E-state index in [1.165, 1.54) is 0 Å². The summed E-state index contributed by atoms with van der Waals surface area (Å²) in [6.07, 6.45) is 0. The maximum absolute atomic E-state index is 12.2. The number of benzene rings is 1. The molecule has 2 amide bonds. The lowest BCUT2D eigenvalue weighted by molar-refractivity contribution is 0.0935. The highest BCUT2D eigenvalue weighted by atomic mass is 32.1. The van der Waals surface area contributed by atoms with Gasteiger partial charge in [0.1, 0.15) is 11.4 Å². The summed E-state index contributed by atoms with van der Waals surface area (Å²) in [6.45, 7) is 4.23. The Morgan fingerprint density at radius 2 is 2.13 bits per heavy atom. The van der Waals surface area contributed by atoms with Crippen molar-refractivity contribution in [1.29, 1.82) is 0 Å². The van der Waals surface area contributed by atoms with Gasteiger partial charge in [-0.25, -0.2) is 4.98 Å². The number of thiazole rings is 1. The molecule has 2 rings (SSSR count). The first-order valence-electron chi connectivity index (χ1n) is 7.23. The minimum absolute atomic E-state index is 0.202. The van der Waals surface area contributed by atoms with E-state index in [0.29, 0.717) is 6.54 Å². The normalized spacial score (nSPS) is 11.6. The molecule has 2 aromatic rings. The Bertz CT molecular complexity index is 699. The summed E-state index contributed by atoms with van der Waals surface area (Å²) in [6, 6.07) is 7.29. The van der Waals surface area contributed by atoms with Crippen LogP contribution < -0.4 is 15.4 Å². The van der Waals surface area contributed by atoms with E-state index in [1.54, 1.807) is 12.5 Å². The molecule has 1 heterocycles. The maximum atomic E-state index is 12.2. The van der Waals surface area contributed by atoms with Gasteiger partial charge in [-0.1, -0.05) is 12.1 Å². The first-order chi connectivity index (χ1) is 11.0. The number of carbonyl (C=O) groups is 2. The third kappa shape index (κ3) is 4.29. The van der Waals surface area contributed by atoms with Gasteiger partial charge in [-0.15, -0.1) is 11.3 Å². The maximum Gasteiger partial charge on any atom is 0.280 e. The number of nitrogens with one attached hydrogen (secondary N) is 2. The van der Waals surface area contributed by atoms with Crippen LogP contribution in [0.1, 0.15) is 45.7 Å². The van der Waals surface area contributed by atoms with Gasteiger partial charge in [0.15, 0.2) is 5.01 Å². The van der Waals surface area contributed by atoms with Crippen molar-refractivity contribution in [3.63, 3.8) is 0 Å². The van der Waals surface area contributed by atoms with Gasteiger partial charge in [-0.2, -0.15) is 0 Å². The molecule has 0 saturated heterocycles. The molecule has 0 spiro atoms. The SMILES string of the molecule is CCNC(=O)c1nc(C(=O)N[C@@H](C)c2cccc(OC)c2)cs1. The fourth-order valence-electron chi connectivity index (χ4n) is 1.98. The second-order valence-electron chi connectivity index (χ2n) is 4.87. The Balaban J connectivity index is 2.05. The van der Waals surface area contributed by atoms with E-state index in [9.17, 15) is 9.59 Å². The lowest BCUT2D eigenvalue weighted by Gasteiger charge is -2.14. The van der Waals surface area contributed by atoms with E-state index in [1.807, 2.05) is 38.1 Å². The highest BCUT2D eigenvalue weighted by Gasteiger charge is 2.17. The van der Waals surface area contributed by atoms with Crippen LogP contribution in [-0.4, -0.2) is 30.5 Å². The summed E-state index contributed by atoms with van der Waals surface area (Å²) >= 11 is 1.15. The van der Waals surface area contributed by atoms with Crippen LogP contribution in [-0.2, 0) is 0 Å². The Kier molecular flexibility index (Phi) is 5.70. The minimum Gasteiger partial charge on any atom is -0.497 e. The minimum atomic E-state index is -0.313. The van der Waals surface area contributed by atoms with Crippen LogP contribution >= 0.6 is 11.3 Å². The van der Waals surface area contributed by atoms with Gasteiger partial charge in [0.2, 0.25) is 0 Å². The second-order valence-corrected chi connectivity index (χ2v) is 5.73. The van der Waals surface area contributed by atoms with Crippen molar-refractivity contribution in [3.05, 3.63) is 45.9 Å². The number of carbonyl (C=O) groups excluding carboxylic acids is 2. The molecule has 0 aliphatic rings. The van der Waals surface area contributed by atoms with Crippen LogP contribution in [0, 0.1) is 0 Å². The predicted octanol–water partition coefficient (Wildman–Crippen LogP) is 2.39. The highest BCUT2D eigenvalue weighted by molar-refractivity contribution is 7.11. The molecule has 0 bridgehead atoms. The van der Waals surface area contributed by atoms with Gasteiger partial charge in [-0.3, -0.25) is 9.59 Å². The molecule has 6 nitrogen and oxygen atoms in total. The summed E-state index contributed by atoms with van der Waals surface area (Å²) in [7, 11) is 1.60. The zero-order valence-electron chi connectivity index (χ0n) is 13.3. The smallest absolute Gasteiger partial charge is 0.280 e. The number of ether oxygens (including phenoxy) is 1. The van der Waals surface area contributed by atoms with Crippen LogP contribution in [0.25, 0.3) is 0 Å². The van der Waals surface area contributed by atoms with Crippen molar-refractivity contribution in [3.8, 4) is 5.75 Å². The topological polar surface area (TPSA) is 80.3 Å². The molecule has 0 saturated carbocycles. The highest BCUT2D eigenvalue weighted by Crippen LogP contribution is 2.19. The standard InChI is InChI=1S/C16H19N3O3S/c1-4-17-15(21)16-19-13(9-23-16)14(20)18-10(2)11-6-5-7-12(8-11)22-3/h5-10H,4H2,1-3H3,(H,17,21)(H,18,20)/t10-/m0/s1. The Morgan fingerprint density at radius 1 is 1.35 bits per heavy atom. The van der Waals surface area contributed by atoms with Crippen LogP contribution in [0.15, 0.2) is 29.6 Å². The molecule has 122 valence electrons. The number of aromatic nitrogens is 1. The number of methoxy groups -OCH3 is 1. The van der Waals surface area contributed by atoms with Gasteiger partial charge in [-0.05, 0) is 31.5 Å². The van der Waals surface area contributed by atoms with E-state index < -0.39 is 0 Å². The van der Waals surface area contributed by atoms with Crippen molar-refractivity contribution in [1.82, 2.24) is 15.6 Å². The fraction of sp³-hybridized carbons (Fsp3) is 0.312. The van der Waals surface area contributed by atoms with Crippen molar-refractivity contribution in [2.75, 3.05) is 13.7 Å². The molecule has 23 heavy (non-hydrogen) atoms. The van der Waals surface area contributed by atoms with Gasteiger partial charge < -0.3 is 15.4 Å². The van der Waals surface area contributed by atoms with Gasteiger partial charge in [0.25, 0.3) is 11.8 Å². The molecule has 0 fully saturated rings. The number of hydrogen-bond donors (Lipinski definition) is 2. The average molecular weight is 333 g/mol. The second kappa shape index (κ2) is 7.73. The zero-order chi connectivity index (χ0) is 16.8. The predicted molar refractivity (Wildman–Crippen MR) is 89.0 cm³/mol. The Morgan fingerprint density at radius 3 is 2.83 bits per heavy atom. The summed E-state index contributed by atoms with van der Waals surface area (Å²) < 4.78 is 5.18. The quantitative estimate of drug-likeness (QED) is 0.850. The van der Waals surface area contributed by atoms with E-state index in [2.05, 4.69) is 15.6 Å². The molecule has 7 heteroatoms. The first-order valence-corrected chi connectivity index (χ1v) is 8.11. The third-order valence-electron chi connectivity index (χ3n) is 3.21. The van der Waals surface area contributed by atoms with Crippen molar-refractivity contribution in [2.45, 2.75) is 19.9 Å². The van der Waals surface area contributed by atoms with Gasteiger partial charge >= 0.3 is 0 Å². The van der Waals surface area contributed by atoms with E-state index >= 15 is 0 Å². The van der Waals surface area contributed by atoms with E-state index in [-0.39, 0.29) is 28.6 Å². The number of amides is 2. The Labute approximate surface area is 138 Å². The number of nitrogens with zero attached hydrogens (tertiary/aromatic N) is 1. The molecular weight excluding hydrogens is 314 g/mol. The van der Waals surface area contributed by atoms with Crippen LogP contribution in [0.5, 0.6) is 5.75 Å². The molecule has 0 unspecified atom stereocenters. The lowest BCUT2D eigenvalue weighted by atomic mass is 10.1. The summed E-state index contributed by atoms with van der Waals surface area (Å²) in [4.78, 5) is 28.0. The van der Waals surface area contributed by atoms with Crippen molar-refractivity contribution in [2.24, 2.45) is 0 Å². The molecule has 0 aliphatic heterocycles. The van der Waals surface area contributed by atoms with Crippen molar-refractivity contribution < 1.29 is 14.3 Å². The van der Waals surface area contributed by atoms with E-state index in [4.69, 9.17) is 4.74 Å². The zero-order valence-corrected chi connectivity index (χ0v) is 14.1. The van der Waals surface area contributed by atoms with Crippen LogP contribution in [0.4, 0.5) is 0 Å². The molecule has 0 radical (unpaired) electrons. The van der Waals surface area contributed by atoms with Crippen LogP contribution in [0.2, 0.25) is 0 Å². The van der Waals surface area contributed by atoms with Crippen molar-refractivity contribution >= 4 is 23.2 Å². The van der Waals surface area contributed by atoms with E-state index in [0.717, 1.165) is 22.6 Å². The largest absolute Gasteiger partial charge is 0.497 e. The number of hydrogen-bond acceptors (Lipinski definition) is 5. The average Bonchev–Trinajstić information content (AvgIpc) is 3.05. The lowest BCUT2D eigenvalue weighted by Crippen LogP contribution is -2.27. The molecule has 2 N–H and O–H groups in total. The monoisotopic (exact) mass is 333 g/mol. The van der Waals surface area contributed by atoms with Gasteiger partial charge in [0, 0.05) is 11.9 Å². The molecule has 1 atom stereocenters. The first kappa shape index (κ1) is 17.0. The number of rotatable bonds is 6. The molecule has 1 aromatic heterocycles. The third-order valence-corrected chi connectivity index (χ3v) is 4.05. The van der Waals surface area contributed by atoms with Gasteiger partial charge in [0.05, 0.1) is 13.2 Å². The molecule has 1 aromatic carbocycles. The fourth-order valence-corrected chi connectivity index (χ4v) is 2.70. The summed E-state index contributed by atoms with van der Waals surface area (Å²) in [5.74, 6) is 0.153. The molecular formula is C16H19N3O3S. The van der Waals surface area contributed by atoms with Crippen LogP contribution in [0.3, 0.4) is 0 Å².